The Bertz CT molecular complexity index is 389. The molecule has 0 aliphatic carbocycles. The minimum absolute atomic E-state index is 0.0979. The molecule has 3 rings (SSSR count). The van der Waals surface area contributed by atoms with Crippen molar-refractivity contribution in [1.82, 2.24) is 5.32 Å². The first-order valence-electron chi connectivity index (χ1n) is 4.88. The molecule has 0 radical (unpaired) electrons. The van der Waals surface area contributed by atoms with Gasteiger partial charge in [0, 0.05) is 18.8 Å². The van der Waals surface area contributed by atoms with E-state index in [4.69, 9.17) is 4.74 Å². The Balaban J connectivity index is 2.05. The van der Waals surface area contributed by atoms with Crippen molar-refractivity contribution in [2.24, 2.45) is 0 Å². The fourth-order valence-corrected chi connectivity index (χ4v) is 2.26. The summed E-state index contributed by atoms with van der Waals surface area (Å²) < 4.78 is 5.64. The fraction of sp³-hybridized carbons (Fsp3) is 0.364. The van der Waals surface area contributed by atoms with Gasteiger partial charge in [-0.3, -0.25) is 4.79 Å². The second-order valence-corrected chi connectivity index (χ2v) is 3.85. The Morgan fingerprint density at radius 1 is 1.36 bits per heavy atom. The SMILES string of the molecule is O=C1CC2CC(N1)Oc1ccccc12. The van der Waals surface area contributed by atoms with E-state index in [1.165, 1.54) is 5.56 Å². The highest BCUT2D eigenvalue weighted by Crippen LogP contribution is 2.39. The first-order valence-corrected chi connectivity index (χ1v) is 4.88. The molecule has 1 fully saturated rings. The normalized spacial score (nSPS) is 28.7. The van der Waals surface area contributed by atoms with E-state index in [9.17, 15) is 4.79 Å². The molecule has 1 saturated heterocycles. The van der Waals surface area contributed by atoms with Crippen LogP contribution in [0.5, 0.6) is 5.75 Å². The molecule has 2 atom stereocenters. The molecule has 1 amide bonds. The Kier molecular flexibility index (Phi) is 1.54. The van der Waals surface area contributed by atoms with Gasteiger partial charge in [-0.1, -0.05) is 18.2 Å². The van der Waals surface area contributed by atoms with Crippen LogP contribution in [0.4, 0.5) is 0 Å². The third-order valence-electron chi connectivity index (χ3n) is 2.88. The van der Waals surface area contributed by atoms with Crippen molar-refractivity contribution in [3.05, 3.63) is 29.8 Å². The quantitative estimate of drug-likeness (QED) is 0.670. The number of ether oxygens (including phenoxy) is 1. The maximum Gasteiger partial charge on any atom is 0.223 e. The van der Waals surface area contributed by atoms with Crippen LogP contribution < -0.4 is 10.1 Å². The number of carbonyl (C=O) groups excluding carboxylic acids is 1. The van der Waals surface area contributed by atoms with E-state index in [1.54, 1.807) is 0 Å². The maximum absolute atomic E-state index is 11.3. The average Bonchev–Trinajstić information content (AvgIpc) is 2.17. The van der Waals surface area contributed by atoms with Crippen LogP contribution in [0.25, 0.3) is 0 Å². The molecule has 2 aliphatic heterocycles. The second kappa shape index (κ2) is 2.74. The smallest absolute Gasteiger partial charge is 0.223 e. The molecule has 2 unspecified atom stereocenters. The van der Waals surface area contributed by atoms with Crippen LogP contribution in [0.3, 0.4) is 0 Å². The van der Waals surface area contributed by atoms with E-state index >= 15 is 0 Å². The molecule has 3 nitrogen and oxygen atoms in total. The molecule has 0 saturated carbocycles. The molecule has 2 aliphatic rings. The lowest BCUT2D eigenvalue weighted by molar-refractivity contribution is -0.127. The number of carbonyl (C=O) groups is 1. The van der Waals surface area contributed by atoms with Gasteiger partial charge in [0.2, 0.25) is 5.91 Å². The fourth-order valence-electron chi connectivity index (χ4n) is 2.26. The summed E-state index contributed by atoms with van der Waals surface area (Å²) in [4.78, 5) is 11.3. The van der Waals surface area contributed by atoms with Gasteiger partial charge in [0.05, 0.1) is 0 Å². The summed E-state index contributed by atoms with van der Waals surface area (Å²) >= 11 is 0. The van der Waals surface area contributed by atoms with Crippen molar-refractivity contribution in [1.29, 1.82) is 0 Å². The lowest BCUT2D eigenvalue weighted by atomic mass is 9.86. The number of fused-ring (bicyclic) bond motifs is 4. The molecule has 1 aromatic rings. The standard InChI is InChI=1S/C11H11NO2/c13-10-5-7-6-11(12-10)14-9-4-2-1-3-8(7)9/h1-4,7,11H,5-6H2,(H,12,13). The van der Waals surface area contributed by atoms with Crippen molar-refractivity contribution in [3.63, 3.8) is 0 Å². The van der Waals surface area contributed by atoms with Gasteiger partial charge in [-0.05, 0) is 11.6 Å². The number of piperidine rings is 1. The zero-order valence-electron chi connectivity index (χ0n) is 7.69. The Labute approximate surface area is 82.1 Å². The van der Waals surface area contributed by atoms with Crippen molar-refractivity contribution in [2.75, 3.05) is 0 Å². The molecule has 1 N–H and O–H groups in total. The van der Waals surface area contributed by atoms with E-state index in [2.05, 4.69) is 11.4 Å². The molecule has 1 aromatic carbocycles. The first kappa shape index (κ1) is 7.85. The lowest BCUT2D eigenvalue weighted by Crippen LogP contribution is -2.47. The van der Waals surface area contributed by atoms with Gasteiger partial charge in [0.15, 0.2) is 6.23 Å². The molecular formula is C11H11NO2. The summed E-state index contributed by atoms with van der Waals surface area (Å²) in [6.07, 6.45) is 1.38. The van der Waals surface area contributed by atoms with Gasteiger partial charge in [-0.15, -0.1) is 0 Å². The van der Waals surface area contributed by atoms with Gasteiger partial charge in [-0.2, -0.15) is 0 Å². The van der Waals surface area contributed by atoms with Crippen LogP contribution in [-0.4, -0.2) is 12.1 Å². The molecule has 0 spiro atoms. The van der Waals surface area contributed by atoms with E-state index in [0.717, 1.165) is 12.2 Å². The first-order chi connectivity index (χ1) is 6.83. The van der Waals surface area contributed by atoms with Crippen LogP contribution in [-0.2, 0) is 4.79 Å². The number of hydrogen-bond acceptors (Lipinski definition) is 2. The van der Waals surface area contributed by atoms with Crippen LogP contribution in [0, 0.1) is 0 Å². The molecule has 14 heavy (non-hydrogen) atoms. The van der Waals surface area contributed by atoms with Crippen LogP contribution in [0.1, 0.15) is 24.3 Å². The predicted octanol–water partition coefficient (Wildman–Crippen LogP) is 1.40. The van der Waals surface area contributed by atoms with Crippen LogP contribution in [0.15, 0.2) is 24.3 Å². The Hall–Kier alpha value is -1.51. The lowest BCUT2D eigenvalue weighted by Gasteiger charge is -2.36. The molecule has 72 valence electrons. The average molecular weight is 189 g/mol. The summed E-state index contributed by atoms with van der Waals surface area (Å²) in [5, 5.41) is 2.83. The number of nitrogens with one attached hydrogen (secondary N) is 1. The van der Waals surface area contributed by atoms with E-state index < -0.39 is 0 Å². The highest BCUT2D eigenvalue weighted by molar-refractivity contribution is 5.78. The van der Waals surface area contributed by atoms with E-state index in [0.29, 0.717) is 12.3 Å². The van der Waals surface area contributed by atoms with Crippen molar-refractivity contribution in [2.45, 2.75) is 25.0 Å². The molecule has 3 heteroatoms. The highest BCUT2D eigenvalue weighted by atomic mass is 16.5. The molecule has 0 aromatic heterocycles. The van der Waals surface area contributed by atoms with Gasteiger partial charge in [-0.25, -0.2) is 0 Å². The summed E-state index contributed by atoms with van der Waals surface area (Å²) in [6.45, 7) is 0. The van der Waals surface area contributed by atoms with Crippen LogP contribution >= 0.6 is 0 Å². The third-order valence-corrected chi connectivity index (χ3v) is 2.88. The zero-order valence-corrected chi connectivity index (χ0v) is 7.69. The minimum Gasteiger partial charge on any atom is -0.470 e. The monoisotopic (exact) mass is 189 g/mol. The number of benzene rings is 1. The Morgan fingerprint density at radius 2 is 2.21 bits per heavy atom. The number of amides is 1. The van der Waals surface area contributed by atoms with Gasteiger partial charge < -0.3 is 10.1 Å². The minimum atomic E-state index is -0.115. The van der Waals surface area contributed by atoms with Crippen LogP contribution in [0.2, 0.25) is 0 Å². The van der Waals surface area contributed by atoms with Crippen molar-refractivity contribution >= 4 is 5.91 Å². The molecule has 2 heterocycles. The zero-order chi connectivity index (χ0) is 9.54. The largest absolute Gasteiger partial charge is 0.470 e. The maximum atomic E-state index is 11.3. The van der Waals surface area contributed by atoms with Crippen molar-refractivity contribution < 1.29 is 9.53 Å². The second-order valence-electron chi connectivity index (χ2n) is 3.85. The topological polar surface area (TPSA) is 38.3 Å². The number of hydrogen-bond donors (Lipinski definition) is 1. The van der Waals surface area contributed by atoms with Gasteiger partial charge in [0.25, 0.3) is 0 Å². The van der Waals surface area contributed by atoms with Gasteiger partial charge in [0.1, 0.15) is 5.75 Å². The third kappa shape index (κ3) is 1.09. The number of para-hydroxylation sites is 1. The summed E-state index contributed by atoms with van der Waals surface area (Å²) in [5.41, 5.74) is 1.18. The number of rotatable bonds is 0. The predicted molar refractivity (Wildman–Crippen MR) is 51.0 cm³/mol. The van der Waals surface area contributed by atoms with E-state index in [-0.39, 0.29) is 12.1 Å². The van der Waals surface area contributed by atoms with E-state index in [1.807, 2.05) is 18.2 Å². The molecular weight excluding hydrogens is 178 g/mol. The van der Waals surface area contributed by atoms with Gasteiger partial charge >= 0.3 is 0 Å². The highest BCUT2D eigenvalue weighted by Gasteiger charge is 2.34. The summed E-state index contributed by atoms with van der Waals surface area (Å²) in [6, 6.07) is 7.97. The summed E-state index contributed by atoms with van der Waals surface area (Å²) in [7, 11) is 0. The Morgan fingerprint density at radius 3 is 3.14 bits per heavy atom. The molecule has 2 bridgehead atoms. The van der Waals surface area contributed by atoms with Crippen molar-refractivity contribution in [3.8, 4) is 5.75 Å². The summed E-state index contributed by atoms with van der Waals surface area (Å²) in [5.74, 6) is 1.37.